The summed E-state index contributed by atoms with van der Waals surface area (Å²) in [5.74, 6) is -1.07. The van der Waals surface area contributed by atoms with E-state index in [2.05, 4.69) is 15.6 Å². The fourth-order valence-corrected chi connectivity index (χ4v) is 5.55. The molecule has 0 saturated carbocycles. The van der Waals surface area contributed by atoms with Gasteiger partial charge in [0.2, 0.25) is 5.91 Å². The molecule has 2 unspecified atom stereocenters. The smallest absolute Gasteiger partial charge is 0.338 e. The number of fused-ring (bicyclic) bond motifs is 2. The first-order valence-corrected chi connectivity index (χ1v) is 14.6. The summed E-state index contributed by atoms with van der Waals surface area (Å²) in [6, 6.07) is 20.1. The summed E-state index contributed by atoms with van der Waals surface area (Å²) in [6.07, 6.45) is 1.64. The monoisotopic (exact) mass is 595 g/mol. The number of carbonyl (C=O) groups excluding carboxylic acids is 3. The first-order valence-electron chi connectivity index (χ1n) is 14.6. The van der Waals surface area contributed by atoms with E-state index >= 15 is 0 Å². The number of carbonyl (C=O) groups is 3. The van der Waals surface area contributed by atoms with E-state index in [0.717, 1.165) is 18.4 Å². The molecule has 6 rings (SSSR count). The lowest BCUT2D eigenvalue weighted by Gasteiger charge is -2.31. The Morgan fingerprint density at radius 3 is 2.57 bits per heavy atom. The van der Waals surface area contributed by atoms with Crippen LogP contribution in [0.15, 0.2) is 72.8 Å². The van der Waals surface area contributed by atoms with Crippen LogP contribution in [-0.4, -0.2) is 68.2 Å². The number of amides is 2. The van der Waals surface area contributed by atoms with Gasteiger partial charge in [0.05, 0.1) is 34.8 Å². The molecule has 0 bridgehead atoms. The molecule has 3 aromatic carbocycles. The Morgan fingerprint density at radius 1 is 1.05 bits per heavy atom. The van der Waals surface area contributed by atoms with Gasteiger partial charge in [0.15, 0.2) is 6.04 Å². The zero-order valence-electron chi connectivity index (χ0n) is 24.6. The van der Waals surface area contributed by atoms with Crippen LogP contribution in [-0.2, 0) is 32.7 Å². The SMILES string of the molecule is CCOC(=O)c1cccc(N(C(=O)Cn2nnc3ccccc32)C(C(=O)NCC2CCCO2)c2nc3ccccc3n2C)c1. The van der Waals surface area contributed by atoms with Crippen LogP contribution in [0.3, 0.4) is 0 Å². The maximum atomic E-state index is 14.4. The third kappa shape index (κ3) is 5.76. The molecule has 0 spiro atoms. The molecule has 1 aliphatic heterocycles. The van der Waals surface area contributed by atoms with Crippen molar-refractivity contribution in [1.82, 2.24) is 29.9 Å². The number of nitrogens with one attached hydrogen (secondary N) is 1. The van der Waals surface area contributed by atoms with E-state index in [1.165, 1.54) is 9.58 Å². The van der Waals surface area contributed by atoms with Crippen LogP contribution < -0.4 is 10.2 Å². The molecule has 1 saturated heterocycles. The van der Waals surface area contributed by atoms with E-state index in [1.807, 2.05) is 60.1 Å². The van der Waals surface area contributed by atoms with Crippen LogP contribution in [0.5, 0.6) is 0 Å². The number of esters is 1. The molecule has 2 atom stereocenters. The Hall–Kier alpha value is -5.10. The lowest BCUT2D eigenvalue weighted by atomic mass is 10.1. The van der Waals surface area contributed by atoms with Gasteiger partial charge in [-0.25, -0.2) is 14.5 Å². The number of para-hydroxylation sites is 3. The topological polar surface area (TPSA) is 133 Å². The highest BCUT2D eigenvalue weighted by Crippen LogP contribution is 2.31. The van der Waals surface area contributed by atoms with E-state index in [-0.39, 0.29) is 31.4 Å². The summed E-state index contributed by atoms with van der Waals surface area (Å²) in [4.78, 5) is 47.6. The van der Waals surface area contributed by atoms with Crippen LogP contribution in [0.4, 0.5) is 5.69 Å². The van der Waals surface area contributed by atoms with Crippen molar-refractivity contribution in [3.05, 3.63) is 84.2 Å². The van der Waals surface area contributed by atoms with Crippen LogP contribution in [0, 0.1) is 0 Å². The average molecular weight is 596 g/mol. The molecule has 1 fully saturated rings. The Labute approximate surface area is 253 Å². The van der Waals surface area contributed by atoms with Crippen LogP contribution in [0.25, 0.3) is 22.1 Å². The van der Waals surface area contributed by atoms with Crippen molar-refractivity contribution in [3.8, 4) is 0 Å². The Bertz CT molecular complexity index is 1820. The van der Waals surface area contributed by atoms with Gasteiger partial charge in [-0.05, 0) is 62.2 Å². The van der Waals surface area contributed by atoms with Crippen molar-refractivity contribution in [3.63, 3.8) is 0 Å². The van der Waals surface area contributed by atoms with E-state index < -0.39 is 23.8 Å². The summed E-state index contributed by atoms with van der Waals surface area (Å²) < 4.78 is 14.3. The van der Waals surface area contributed by atoms with Crippen molar-refractivity contribution in [2.45, 2.75) is 38.5 Å². The third-order valence-electron chi connectivity index (χ3n) is 7.71. The first-order chi connectivity index (χ1) is 21.4. The highest BCUT2D eigenvalue weighted by atomic mass is 16.5. The second kappa shape index (κ2) is 12.6. The van der Waals surface area contributed by atoms with Crippen molar-refractivity contribution in [1.29, 1.82) is 0 Å². The van der Waals surface area contributed by atoms with E-state index in [9.17, 15) is 14.4 Å². The minimum absolute atomic E-state index is 0.113. The van der Waals surface area contributed by atoms with Crippen molar-refractivity contribution in [2.75, 3.05) is 24.7 Å². The van der Waals surface area contributed by atoms with Gasteiger partial charge in [-0.3, -0.25) is 14.5 Å². The number of hydrogen-bond acceptors (Lipinski definition) is 8. The average Bonchev–Trinajstić information content (AvgIpc) is 3.79. The van der Waals surface area contributed by atoms with Crippen LogP contribution in [0.1, 0.15) is 42.0 Å². The standard InChI is InChI=1S/C32H33N7O5/c1-3-43-32(42)21-10-8-11-22(18-21)39(28(40)20-38-27-16-7-5-14-25(27)35-36-38)29(31(41)33-19-23-12-9-17-44-23)30-34-24-13-4-6-15-26(24)37(30)2/h4-8,10-11,13-16,18,23,29H,3,9,12,17,19-20H2,1-2H3,(H,33,41). The number of hydrogen-bond donors (Lipinski definition) is 1. The molecule has 2 amide bonds. The van der Waals surface area contributed by atoms with Gasteiger partial charge in [-0.15, -0.1) is 5.10 Å². The largest absolute Gasteiger partial charge is 0.462 e. The molecular formula is C32H33N7O5. The van der Waals surface area contributed by atoms with Gasteiger partial charge >= 0.3 is 5.97 Å². The molecule has 0 aliphatic carbocycles. The summed E-state index contributed by atoms with van der Waals surface area (Å²) in [6.45, 7) is 2.63. The van der Waals surface area contributed by atoms with Gasteiger partial charge in [-0.2, -0.15) is 0 Å². The molecule has 12 nitrogen and oxygen atoms in total. The maximum Gasteiger partial charge on any atom is 0.338 e. The van der Waals surface area contributed by atoms with Gasteiger partial charge in [-0.1, -0.05) is 35.5 Å². The number of ether oxygens (including phenoxy) is 2. The van der Waals surface area contributed by atoms with Gasteiger partial charge in [0, 0.05) is 25.9 Å². The zero-order chi connectivity index (χ0) is 30.6. The number of aryl methyl sites for hydroxylation is 1. The number of rotatable bonds is 10. The summed E-state index contributed by atoms with van der Waals surface area (Å²) in [5, 5.41) is 11.4. The van der Waals surface area contributed by atoms with Crippen molar-refractivity contribution < 1.29 is 23.9 Å². The predicted molar refractivity (Wildman–Crippen MR) is 163 cm³/mol. The number of aromatic nitrogens is 5. The summed E-state index contributed by atoms with van der Waals surface area (Å²) >= 11 is 0. The minimum Gasteiger partial charge on any atom is -0.462 e. The molecule has 5 aromatic rings. The zero-order valence-corrected chi connectivity index (χ0v) is 24.6. The quantitative estimate of drug-likeness (QED) is 0.242. The fraction of sp³-hybridized carbons (Fsp3) is 0.312. The van der Waals surface area contributed by atoms with Crippen LogP contribution >= 0.6 is 0 Å². The first kappa shape index (κ1) is 29.0. The van der Waals surface area contributed by atoms with E-state index in [4.69, 9.17) is 14.5 Å². The second-order valence-electron chi connectivity index (χ2n) is 10.6. The molecule has 1 N–H and O–H groups in total. The molecule has 2 aromatic heterocycles. The predicted octanol–water partition coefficient (Wildman–Crippen LogP) is 3.56. The normalized spacial score (nSPS) is 15.4. The van der Waals surface area contributed by atoms with E-state index in [1.54, 1.807) is 31.2 Å². The molecule has 12 heteroatoms. The molecule has 226 valence electrons. The molecular weight excluding hydrogens is 562 g/mol. The summed E-state index contributed by atoms with van der Waals surface area (Å²) in [7, 11) is 1.81. The second-order valence-corrected chi connectivity index (χ2v) is 10.6. The van der Waals surface area contributed by atoms with Gasteiger partial charge < -0.3 is 19.4 Å². The fourth-order valence-electron chi connectivity index (χ4n) is 5.55. The minimum atomic E-state index is -1.20. The maximum absolute atomic E-state index is 14.4. The van der Waals surface area contributed by atoms with Crippen LogP contribution in [0.2, 0.25) is 0 Å². The Kier molecular flexibility index (Phi) is 8.33. The highest BCUT2D eigenvalue weighted by molar-refractivity contribution is 6.02. The van der Waals surface area contributed by atoms with Gasteiger partial charge in [0.1, 0.15) is 17.9 Å². The summed E-state index contributed by atoms with van der Waals surface area (Å²) in [5.41, 5.74) is 3.36. The Morgan fingerprint density at radius 2 is 1.82 bits per heavy atom. The number of anilines is 1. The number of nitrogens with zero attached hydrogens (tertiary/aromatic N) is 6. The lowest BCUT2D eigenvalue weighted by molar-refractivity contribution is -0.127. The van der Waals surface area contributed by atoms with Crippen molar-refractivity contribution in [2.24, 2.45) is 7.05 Å². The number of benzene rings is 3. The molecule has 0 radical (unpaired) electrons. The van der Waals surface area contributed by atoms with Gasteiger partial charge in [0.25, 0.3) is 5.91 Å². The Balaban J connectivity index is 1.47. The molecule has 44 heavy (non-hydrogen) atoms. The van der Waals surface area contributed by atoms with Crippen molar-refractivity contribution >= 4 is 45.5 Å². The highest BCUT2D eigenvalue weighted by Gasteiger charge is 2.37. The number of imidazole rings is 1. The molecule has 3 heterocycles. The third-order valence-corrected chi connectivity index (χ3v) is 7.71. The molecule has 1 aliphatic rings. The van der Waals surface area contributed by atoms with E-state index in [0.29, 0.717) is 34.7 Å². The lowest BCUT2D eigenvalue weighted by Crippen LogP contribution is -2.47.